The SMILES string of the molecule is O=C1CN(C(=O)c2cc(-c3ccnc(Cl)c3)n(-c3cccc(Cl)c3)n2)CCN1. The van der Waals surface area contributed by atoms with Crippen molar-refractivity contribution in [2.45, 2.75) is 0 Å². The minimum atomic E-state index is -0.308. The predicted octanol–water partition coefficient (Wildman–Crippen LogP) is 2.81. The van der Waals surface area contributed by atoms with E-state index in [-0.39, 0.29) is 24.1 Å². The van der Waals surface area contributed by atoms with Gasteiger partial charge in [0.15, 0.2) is 5.69 Å². The maximum atomic E-state index is 12.9. The Morgan fingerprint density at radius 2 is 2.00 bits per heavy atom. The fourth-order valence-electron chi connectivity index (χ4n) is 3.03. The number of pyridine rings is 1. The van der Waals surface area contributed by atoms with Crippen LogP contribution in [0.2, 0.25) is 10.2 Å². The molecule has 142 valence electrons. The Bertz CT molecular complexity index is 1000. The van der Waals surface area contributed by atoms with E-state index in [9.17, 15) is 9.59 Å². The minimum Gasteiger partial charge on any atom is -0.353 e. The molecule has 4 rings (SSSR count). The van der Waals surface area contributed by atoms with Crippen LogP contribution in [0.5, 0.6) is 0 Å². The lowest BCUT2D eigenvalue weighted by molar-refractivity contribution is -0.123. The van der Waals surface area contributed by atoms with Crippen LogP contribution in [0.4, 0.5) is 0 Å². The van der Waals surface area contributed by atoms with Crippen LogP contribution in [0, 0.1) is 0 Å². The number of nitrogens with one attached hydrogen (secondary N) is 1. The summed E-state index contributed by atoms with van der Waals surface area (Å²) in [6.45, 7) is 0.872. The molecule has 1 N–H and O–H groups in total. The van der Waals surface area contributed by atoms with Crippen LogP contribution in [0.1, 0.15) is 10.5 Å². The molecule has 0 spiro atoms. The molecule has 1 aliphatic heterocycles. The standard InChI is InChI=1S/C19H15Cl2N5O2/c20-13-2-1-3-14(9-13)26-16(12-4-5-22-17(21)8-12)10-15(24-26)19(28)25-7-6-23-18(27)11-25/h1-5,8-10H,6-7,11H2,(H,23,27). The fraction of sp³-hybridized carbons (Fsp3) is 0.158. The Labute approximate surface area is 170 Å². The molecule has 0 bridgehead atoms. The lowest BCUT2D eigenvalue weighted by Crippen LogP contribution is -2.50. The smallest absolute Gasteiger partial charge is 0.274 e. The normalized spacial score (nSPS) is 14.1. The van der Waals surface area contributed by atoms with E-state index in [1.807, 2.05) is 6.07 Å². The van der Waals surface area contributed by atoms with E-state index >= 15 is 0 Å². The van der Waals surface area contributed by atoms with E-state index in [1.165, 1.54) is 4.90 Å². The summed E-state index contributed by atoms with van der Waals surface area (Å²) in [6.07, 6.45) is 1.59. The Hall–Kier alpha value is -2.90. The van der Waals surface area contributed by atoms with E-state index < -0.39 is 0 Å². The van der Waals surface area contributed by atoms with E-state index in [2.05, 4.69) is 15.4 Å². The highest BCUT2D eigenvalue weighted by atomic mass is 35.5. The maximum Gasteiger partial charge on any atom is 0.274 e. The molecule has 3 heterocycles. The highest BCUT2D eigenvalue weighted by Gasteiger charge is 2.26. The summed E-state index contributed by atoms with van der Waals surface area (Å²) in [5.41, 5.74) is 2.35. The second-order valence-corrected chi connectivity index (χ2v) is 7.07. The Morgan fingerprint density at radius 1 is 1.14 bits per heavy atom. The number of rotatable bonds is 3. The lowest BCUT2D eigenvalue weighted by Gasteiger charge is -2.25. The van der Waals surface area contributed by atoms with Gasteiger partial charge in [0.25, 0.3) is 5.91 Å². The predicted molar refractivity (Wildman–Crippen MR) is 106 cm³/mol. The van der Waals surface area contributed by atoms with Crippen molar-refractivity contribution in [3.8, 4) is 16.9 Å². The van der Waals surface area contributed by atoms with Crippen molar-refractivity contribution in [3.05, 3.63) is 64.5 Å². The Morgan fingerprint density at radius 3 is 2.75 bits per heavy atom. The molecule has 2 aromatic heterocycles. The Balaban J connectivity index is 1.80. The topological polar surface area (TPSA) is 80.1 Å². The van der Waals surface area contributed by atoms with Gasteiger partial charge in [0.2, 0.25) is 5.91 Å². The molecule has 0 radical (unpaired) electrons. The van der Waals surface area contributed by atoms with Gasteiger partial charge < -0.3 is 10.2 Å². The zero-order chi connectivity index (χ0) is 19.7. The van der Waals surface area contributed by atoms with Crippen LogP contribution in [0.15, 0.2) is 48.7 Å². The molecule has 7 nitrogen and oxygen atoms in total. The van der Waals surface area contributed by atoms with Crippen molar-refractivity contribution in [3.63, 3.8) is 0 Å². The van der Waals surface area contributed by atoms with Gasteiger partial charge in [0.05, 0.1) is 17.9 Å². The van der Waals surface area contributed by atoms with Gasteiger partial charge in [-0.15, -0.1) is 0 Å². The van der Waals surface area contributed by atoms with E-state index in [0.29, 0.717) is 34.6 Å². The second kappa shape index (κ2) is 7.61. The summed E-state index contributed by atoms with van der Waals surface area (Å²) in [5, 5.41) is 8.08. The number of carbonyl (C=O) groups excluding carboxylic acids is 2. The highest BCUT2D eigenvalue weighted by molar-refractivity contribution is 6.30. The van der Waals surface area contributed by atoms with Gasteiger partial charge in [-0.05, 0) is 36.4 Å². The van der Waals surface area contributed by atoms with Crippen molar-refractivity contribution < 1.29 is 9.59 Å². The van der Waals surface area contributed by atoms with Gasteiger partial charge >= 0.3 is 0 Å². The van der Waals surface area contributed by atoms with Crippen molar-refractivity contribution in [2.75, 3.05) is 19.6 Å². The van der Waals surface area contributed by atoms with Gasteiger partial charge in [-0.2, -0.15) is 5.10 Å². The first kappa shape index (κ1) is 18.5. The zero-order valence-electron chi connectivity index (χ0n) is 14.6. The van der Waals surface area contributed by atoms with Gasteiger partial charge in [-0.25, -0.2) is 9.67 Å². The van der Waals surface area contributed by atoms with Crippen molar-refractivity contribution in [2.24, 2.45) is 0 Å². The number of halogens is 2. The monoisotopic (exact) mass is 415 g/mol. The second-order valence-electron chi connectivity index (χ2n) is 6.25. The van der Waals surface area contributed by atoms with Crippen LogP contribution >= 0.6 is 23.2 Å². The van der Waals surface area contributed by atoms with Crippen LogP contribution in [-0.2, 0) is 4.79 Å². The molecule has 9 heteroatoms. The first-order chi connectivity index (χ1) is 13.5. The van der Waals surface area contributed by atoms with Crippen LogP contribution in [0.3, 0.4) is 0 Å². The largest absolute Gasteiger partial charge is 0.353 e. The van der Waals surface area contributed by atoms with Gasteiger partial charge in [-0.3, -0.25) is 9.59 Å². The van der Waals surface area contributed by atoms with Gasteiger partial charge in [0.1, 0.15) is 5.15 Å². The molecule has 0 saturated carbocycles. The fourth-order valence-corrected chi connectivity index (χ4v) is 3.39. The molecule has 1 aromatic carbocycles. The first-order valence-corrected chi connectivity index (χ1v) is 9.31. The molecule has 1 saturated heterocycles. The number of benzene rings is 1. The number of aromatic nitrogens is 3. The molecule has 2 amide bonds. The number of carbonyl (C=O) groups is 2. The van der Waals surface area contributed by atoms with Crippen LogP contribution in [-0.4, -0.2) is 51.1 Å². The number of hydrogen-bond acceptors (Lipinski definition) is 4. The quantitative estimate of drug-likeness (QED) is 0.666. The van der Waals surface area contributed by atoms with Crippen molar-refractivity contribution >= 4 is 35.0 Å². The molecule has 3 aromatic rings. The summed E-state index contributed by atoms with van der Waals surface area (Å²) < 4.78 is 1.63. The summed E-state index contributed by atoms with van der Waals surface area (Å²) in [4.78, 5) is 30.0. The summed E-state index contributed by atoms with van der Waals surface area (Å²) >= 11 is 12.2. The minimum absolute atomic E-state index is 0.0132. The van der Waals surface area contributed by atoms with E-state index in [4.69, 9.17) is 23.2 Å². The number of amides is 2. The van der Waals surface area contributed by atoms with Gasteiger partial charge in [0, 0.05) is 29.9 Å². The maximum absolute atomic E-state index is 12.9. The number of nitrogens with zero attached hydrogens (tertiary/aromatic N) is 4. The van der Waals surface area contributed by atoms with Crippen molar-refractivity contribution in [1.82, 2.24) is 25.0 Å². The average molecular weight is 416 g/mol. The lowest BCUT2D eigenvalue weighted by atomic mass is 10.1. The number of piperazine rings is 1. The van der Waals surface area contributed by atoms with Gasteiger partial charge in [-0.1, -0.05) is 29.3 Å². The molecular formula is C19H15Cl2N5O2. The summed E-state index contributed by atoms with van der Waals surface area (Å²) in [5.74, 6) is -0.493. The highest BCUT2D eigenvalue weighted by Crippen LogP contribution is 2.27. The zero-order valence-corrected chi connectivity index (χ0v) is 16.1. The molecule has 28 heavy (non-hydrogen) atoms. The average Bonchev–Trinajstić information content (AvgIpc) is 3.13. The van der Waals surface area contributed by atoms with Crippen molar-refractivity contribution in [1.29, 1.82) is 0 Å². The summed E-state index contributed by atoms with van der Waals surface area (Å²) in [6, 6.07) is 12.3. The number of hydrogen-bond donors (Lipinski definition) is 1. The molecular weight excluding hydrogens is 401 g/mol. The third kappa shape index (κ3) is 3.72. The van der Waals surface area contributed by atoms with Crippen LogP contribution < -0.4 is 5.32 Å². The molecule has 1 aliphatic rings. The van der Waals surface area contributed by atoms with Crippen LogP contribution in [0.25, 0.3) is 16.9 Å². The summed E-state index contributed by atoms with van der Waals surface area (Å²) in [7, 11) is 0. The first-order valence-electron chi connectivity index (χ1n) is 8.55. The third-order valence-electron chi connectivity index (χ3n) is 4.33. The van der Waals surface area contributed by atoms with E-state index in [0.717, 1.165) is 5.56 Å². The Kier molecular flexibility index (Phi) is 5.02. The van der Waals surface area contributed by atoms with E-state index in [1.54, 1.807) is 47.3 Å². The molecule has 0 atom stereocenters. The molecule has 1 fully saturated rings. The third-order valence-corrected chi connectivity index (χ3v) is 4.77. The molecule has 0 aliphatic carbocycles. The molecule has 0 unspecified atom stereocenters.